The number of nitrogens with zero attached hydrogens (tertiary/aromatic N) is 1. The van der Waals surface area contributed by atoms with Gasteiger partial charge in [0, 0.05) is 13.5 Å². The van der Waals surface area contributed by atoms with Gasteiger partial charge in [0.2, 0.25) is 0 Å². The summed E-state index contributed by atoms with van der Waals surface area (Å²) < 4.78 is 10.6. The molecule has 0 radical (unpaired) electrons. The molecule has 0 aliphatic carbocycles. The van der Waals surface area contributed by atoms with Crippen LogP contribution in [-0.2, 0) is 14.3 Å². The van der Waals surface area contributed by atoms with E-state index in [-0.39, 0.29) is 24.3 Å². The Morgan fingerprint density at radius 1 is 1.16 bits per heavy atom. The Balaban J connectivity index is 1.82. The van der Waals surface area contributed by atoms with Crippen molar-refractivity contribution in [2.24, 2.45) is 0 Å². The van der Waals surface area contributed by atoms with E-state index >= 15 is 0 Å². The summed E-state index contributed by atoms with van der Waals surface area (Å²) in [6.45, 7) is 0.277. The first-order valence-electron chi connectivity index (χ1n) is 7.98. The number of benzene rings is 2. The smallest absolute Gasteiger partial charge is 0.338 e. The van der Waals surface area contributed by atoms with Gasteiger partial charge in [0.15, 0.2) is 6.10 Å². The zero-order valence-corrected chi connectivity index (χ0v) is 13.8. The maximum Gasteiger partial charge on any atom is 0.338 e. The van der Waals surface area contributed by atoms with Crippen molar-refractivity contribution in [1.29, 1.82) is 0 Å². The highest BCUT2D eigenvalue weighted by atomic mass is 16.5. The molecule has 0 saturated carbocycles. The fourth-order valence-corrected chi connectivity index (χ4v) is 2.98. The summed E-state index contributed by atoms with van der Waals surface area (Å²) >= 11 is 0. The molecule has 0 bridgehead atoms. The number of phenolic OH excluding ortho intramolecular Hbond substituents is 1. The number of carbonyl (C=O) groups excluding carboxylic acids is 2. The standard InChI is InChI=1S/C19H19NO5/c1-24-12-14-11-17(25-19(23)13-7-3-2-4-8-13)18(22)20(14)15-9-5-6-10-16(15)21/h2-10,14,17,21H,11-12H2,1H3/t14-,17+/m1/s1. The molecule has 2 atom stereocenters. The highest BCUT2D eigenvalue weighted by Gasteiger charge is 2.43. The van der Waals surface area contributed by atoms with Gasteiger partial charge in [0.1, 0.15) is 5.75 Å². The van der Waals surface area contributed by atoms with Crippen LogP contribution in [-0.4, -0.2) is 42.8 Å². The molecule has 6 nitrogen and oxygen atoms in total. The van der Waals surface area contributed by atoms with Crippen LogP contribution in [0.3, 0.4) is 0 Å². The number of para-hydroxylation sites is 2. The summed E-state index contributed by atoms with van der Waals surface area (Å²) in [5.74, 6) is -0.922. The van der Waals surface area contributed by atoms with E-state index in [9.17, 15) is 14.7 Å². The van der Waals surface area contributed by atoms with Gasteiger partial charge < -0.3 is 19.5 Å². The lowest BCUT2D eigenvalue weighted by Crippen LogP contribution is -2.37. The molecule has 130 valence electrons. The zero-order chi connectivity index (χ0) is 17.8. The Morgan fingerprint density at radius 3 is 2.52 bits per heavy atom. The summed E-state index contributed by atoms with van der Waals surface area (Å²) in [6.07, 6.45) is -0.605. The van der Waals surface area contributed by atoms with Crippen molar-refractivity contribution in [1.82, 2.24) is 0 Å². The van der Waals surface area contributed by atoms with Crippen LogP contribution in [0.25, 0.3) is 0 Å². The van der Waals surface area contributed by atoms with Crippen molar-refractivity contribution >= 4 is 17.6 Å². The first-order chi connectivity index (χ1) is 12.1. The van der Waals surface area contributed by atoms with Crippen molar-refractivity contribution in [2.75, 3.05) is 18.6 Å². The van der Waals surface area contributed by atoms with Crippen molar-refractivity contribution in [3.8, 4) is 5.75 Å². The molecule has 1 aliphatic rings. The van der Waals surface area contributed by atoms with E-state index in [0.717, 1.165) is 0 Å². The molecule has 3 rings (SSSR count). The van der Waals surface area contributed by atoms with Gasteiger partial charge in [-0.25, -0.2) is 4.79 Å². The highest BCUT2D eigenvalue weighted by Crippen LogP contribution is 2.34. The van der Waals surface area contributed by atoms with Crippen LogP contribution in [0, 0.1) is 0 Å². The Kier molecular flexibility index (Phi) is 5.00. The van der Waals surface area contributed by atoms with Gasteiger partial charge in [-0.05, 0) is 24.3 Å². The first-order valence-corrected chi connectivity index (χ1v) is 7.98. The van der Waals surface area contributed by atoms with Crippen LogP contribution >= 0.6 is 0 Å². The summed E-state index contributed by atoms with van der Waals surface area (Å²) in [7, 11) is 1.54. The number of ether oxygens (including phenoxy) is 2. The van der Waals surface area contributed by atoms with E-state index in [0.29, 0.717) is 17.7 Å². The lowest BCUT2D eigenvalue weighted by atomic mass is 10.2. The fourth-order valence-electron chi connectivity index (χ4n) is 2.98. The molecule has 2 aromatic rings. The van der Waals surface area contributed by atoms with Crippen molar-refractivity contribution in [2.45, 2.75) is 18.6 Å². The number of hydrogen-bond acceptors (Lipinski definition) is 5. The second-order valence-corrected chi connectivity index (χ2v) is 5.80. The Morgan fingerprint density at radius 2 is 1.84 bits per heavy atom. The normalized spacial score (nSPS) is 19.9. The van der Waals surface area contributed by atoms with Crippen LogP contribution in [0.1, 0.15) is 16.8 Å². The van der Waals surface area contributed by atoms with E-state index < -0.39 is 12.1 Å². The van der Waals surface area contributed by atoms with Gasteiger partial charge in [-0.15, -0.1) is 0 Å². The lowest BCUT2D eigenvalue weighted by Gasteiger charge is -2.24. The minimum Gasteiger partial charge on any atom is -0.506 e. The van der Waals surface area contributed by atoms with Gasteiger partial charge in [-0.1, -0.05) is 30.3 Å². The third kappa shape index (κ3) is 3.49. The number of phenols is 1. The van der Waals surface area contributed by atoms with E-state index in [1.165, 1.54) is 18.1 Å². The maximum absolute atomic E-state index is 12.8. The average Bonchev–Trinajstić information content (AvgIpc) is 2.92. The third-order valence-corrected chi connectivity index (χ3v) is 4.12. The molecule has 1 fully saturated rings. The molecule has 6 heteroatoms. The Labute approximate surface area is 145 Å². The van der Waals surface area contributed by atoms with Crippen molar-refractivity contribution in [3.63, 3.8) is 0 Å². The molecule has 0 aromatic heterocycles. The number of methoxy groups -OCH3 is 1. The number of carbonyl (C=O) groups is 2. The third-order valence-electron chi connectivity index (χ3n) is 4.12. The van der Waals surface area contributed by atoms with Crippen molar-refractivity contribution < 1.29 is 24.2 Å². The highest BCUT2D eigenvalue weighted by molar-refractivity contribution is 6.02. The van der Waals surface area contributed by atoms with Crippen molar-refractivity contribution in [3.05, 3.63) is 60.2 Å². The minimum absolute atomic E-state index is 0.00742. The lowest BCUT2D eigenvalue weighted by molar-refractivity contribution is -0.124. The van der Waals surface area contributed by atoms with E-state index in [4.69, 9.17) is 9.47 Å². The quantitative estimate of drug-likeness (QED) is 0.845. The molecular formula is C19H19NO5. The Bertz CT molecular complexity index is 761. The summed E-state index contributed by atoms with van der Waals surface area (Å²) in [5, 5.41) is 10.1. The molecule has 0 unspecified atom stereocenters. The van der Waals surface area contributed by atoms with Gasteiger partial charge in [-0.2, -0.15) is 0 Å². The molecule has 1 aliphatic heterocycles. The average molecular weight is 341 g/mol. The molecule has 1 heterocycles. The molecular weight excluding hydrogens is 322 g/mol. The summed E-state index contributed by atoms with van der Waals surface area (Å²) in [4.78, 5) is 26.5. The van der Waals surface area contributed by atoms with Crippen LogP contribution in [0.15, 0.2) is 54.6 Å². The summed E-state index contributed by atoms with van der Waals surface area (Å²) in [5.41, 5.74) is 0.771. The number of amides is 1. The van der Waals surface area contributed by atoms with Crippen LogP contribution in [0.4, 0.5) is 5.69 Å². The van der Waals surface area contributed by atoms with Crippen LogP contribution in [0.2, 0.25) is 0 Å². The van der Waals surface area contributed by atoms with Gasteiger partial charge in [0.25, 0.3) is 5.91 Å². The van der Waals surface area contributed by atoms with Gasteiger partial charge >= 0.3 is 5.97 Å². The number of anilines is 1. The maximum atomic E-state index is 12.8. The second kappa shape index (κ2) is 7.36. The minimum atomic E-state index is -0.910. The zero-order valence-electron chi connectivity index (χ0n) is 13.8. The van der Waals surface area contributed by atoms with Crippen LogP contribution in [0.5, 0.6) is 5.75 Å². The number of hydrogen-bond donors (Lipinski definition) is 1. The fraction of sp³-hybridized carbons (Fsp3) is 0.263. The number of rotatable bonds is 5. The van der Waals surface area contributed by atoms with E-state index in [1.54, 1.807) is 48.5 Å². The topological polar surface area (TPSA) is 76.1 Å². The van der Waals surface area contributed by atoms with E-state index in [2.05, 4.69) is 0 Å². The molecule has 25 heavy (non-hydrogen) atoms. The number of esters is 1. The predicted molar refractivity (Wildman–Crippen MR) is 91.5 cm³/mol. The first kappa shape index (κ1) is 17.0. The predicted octanol–water partition coefficient (Wildman–Crippen LogP) is 2.37. The largest absolute Gasteiger partial charge is 0.506 e. The molecule has 1 amide bonds. The SMILES string of the molecule is COC[C@H]1C[C@H](OC(=O)c2ccccc2)C(=O)N1c1ccccc1O. The Hall–Kier alpha value is -2.86. The molecule has 0 spiro atoms. The van der Waals surface area contributed by atoms with Gasteiger partial charge in [-0.3, -0.25) is 4.79 Å². The molecule has 1 saturated heterocycles. The summed E-state index contributed by atoms with van der Waals surface area (Å²) in [6, 6.07) is 14.8. The number of aromatic hydroxyl groups is 1. The van der Waals surface area contributed by atoms with Gasteiger partial charge in [0.05, 0.1) is 23.9 Å². The van der Waals surface area contributed by atoms with E-state index in [1.807, 2.05) is 0 Å². The monoisotopic (exact) mass is 341 g/mol. The molecule has 1 N–H and O–H groups in total. The van der Waals surface area contributed by atoms with Crippen LogP contribution < -0.4 is 4.90 Å². The molecule has 2 aromatic carbocycles. The second-order valence-electron chi connectivity index (χ2n) is 5.80.